The van der Waals surface area contributed by atoms with E-state index in [9.17, 15) is 5.11 Å². The van der Waals surface area contributed by atoms with Crippen molar-refractivity contribution < 1.29 is 5.11 Å². The lowest BCUT2D eigenvalue weighted by Gasteiger charge is -2.44. The first-order valence-electron chi connectivity index (χ1n) is 12.4. The first kappa shape index (κ1) is 22.1. The van der Waals surface area contributed by atoms with Crippen LogP contribution in [0.1, 0.15) is 105 Å². The number of aliphatic hydroxyl groups excluding tert-OH is 1. The van der Waals surface area contributed by atoms with Gasteiger partial charge in [-0.15, -0.1) is 0 Å². The van der Waals surface area contributed by atoms with Crippen molar-refractivity contribution in [3.63, 3.8) is 0 Å². The predicted octanol–water partition coefficient (Wildman–Crippen LogP) is 7.70. The lowest BCUT2D eigenvalue weighted by atomic mass is 9.60. The molecule has 1 N–H and O–H groups in total. The van der Waals surface area contributed by atoms with Crippen LogP contribution in [0.2, 0.25) is 0 Å². The zero-order valence-corrected chi connectivity index (χ0v) is 19.3. The Labute approximate surface area is 175 Å². The average molecular weight is 387 g/mol. The largest absolute Gasteiger partial charge is 0.393 e. The van der Waals surface area contributed by atoms with E-state index in [1.165, 1.54) is 69.8 Å². The number of fused-ring (bicyclic) bond motifs is 1. The highest BCUT2D eigenvalue weighted by molar-refractivity contribution is 5.26. The number of aliphatic hydroxyl groups is 1. The maximum atomic E-state index is 10.4. The van der Waals surface area contributed by atoms with Gasteiger partial charge in [-0.05, 0) is 80.0 Å². The van der Waals surface area contributed by atoms with Gasteiger partial charge in [0.15, 0.2) is 0 Å². The highest BCUT2D eigenvalue weighted by Gasteiger charge is 2.50. The van der Waals surface area contributed by atoms with Gasteiger partial charge >= 0.3 is 0 Å². The van der Waals surface area contributed by atoms with Crippen molar-refractivity contribution in [2.24, 2.45) is 35.0 Å². The van der Waals surface area contributed by atoms with Gasteiger partial charge in [0.25, 0.3) is 0 Å². The van der Waals surface area contributed by atoms with E-state index >= 15 is 0 Å². The Morgan fingerprint density at radius 3 is 2.64 bits per heavy atom. The van der Waals surface area contributed by atoms with Gasteiger partial charge in [0.05, 0.1) is 6.10 Å². The minimum absolute atomic E-state index is 0.148. The third-order valence-electron chi connectivity index (χ3n) is 9.08. The molecule has 0 saturated heterocycles. The molecule has 0 bridgehead atoms. The molecule has 0 amide bonds. The summed E-state index contributed by atoms with van der Waals surface area (Å²) in [6.07, 6.45) is 19.3. The summed E-state index contributed by atoms with van der Waals surface area (Å²) in [6.45, 7) is 12.0. The number of hydrogen-bond acceptors (Lipinski definition) is 1. The fraction of sp³-hybridized carbons (Fsp3) is 0.852. The number of rotatable bonds is 6. The quantitative estimate of drug-likeness (QED) is 0.464. The van der Waals surface area contributed by atoms with Crippen LogP contribution >= 0.6 is 0 Å². The van der Waals surface area contributed by atoms with Crippen LogP contribution in [0.15, 0.2) is 23.3 Å². The highest BCUT2D eigenvalue weighted by Crippen LogP contribution is 2.59. The zero-order chi connectivity index (χ0) is 20.3. The molecular weight excluding hydrogens is 340 g/mol. The van der Waals surface area contributed by atoms with Crippen LogP contribution in [0.3, 0.4) is 0 Å². The first-order chi connectivity index (χ1) is 13.4. The summed E-state index contributed by atoms with van der Waals surface area (Å²) in [7, 11) is 0. The third kappa shape index (κ3) is 4.61. The fourth-order valence-electron chi connectivity index (χ4n) is 7.01. The summed E-state index contributed by atoms with van der Waals surface area (Å²) < 4.78 is 0. The Kier molecular flexibility index (Phi) is 7.51. The summed E-state index contributed by atoms with van der Waals surface area (Å²) in [5.41, 5.74) is 3.73. The second-order valence-electron chi connectivity index (χ2n) is 10.9. The second kappa shape index (κ2) is 9.50. The van der Waals surface area contributed by atoms with Crippen molar-refractivity contribution in [3.05, 3.63) is 23.3 Å². The molecule has 3 fully saturated rings. The molecule has 3 rings (SSSR count). The standard InChI is InChI=1S/C27H46O/c1-6-7-8-10-19(2)24-14-15-25-23(11-9-16-27(24,25)5)13-12-22-17-20(3)21(4)26(28)18-22/h12-13,19-21,24-26,28H,6-11,14-18H2,1-5H3/b22-12-,23-13+/t19-,20+,21+,24?,25?,26+,27+/m0/s1. The summed E-state index contributed by atoms with van der Waals surface area (Å²) >= 11 is 0. The van der Waals surface area contributed by atoms with Crippen molar-refractivity contribution in [2.45, 2.75) is 111 Å². The molecule has 3 aliphatic carbocycles. The van der Waals surface area contributed by atoms with Crippen molar-refractivity contribution in [1.82, 2.24) is 0 Å². The smallest absolute Gasteiger partial charge is 0.0605 e. The van der Waals surface area contributed by atoms with Gasteiger partial charge < -0.3 is 5.11 Å². The average Bonchev–Trinajstić information content (AvgIpc) is 3.02. The molecule has 0 aromatic heterocycles. The first-order valence-corrected chi connectivity index (χ1v) is 12.4. The van der Waals surface area contributed by atoms with E-state index in [0.717, 1.165) is 24.2 Å². The van der Waals surface area contributed by atoms with Crippen molar-refractivity contribution >= 4 is 0 Å². The Morgan fingerprint density at radius 2 is 1.93 bits per heavy atom. The fourth-order valence-corrected chi connectivity index (χ4v) is 7.01. The Balaban J connectivity index is 1.70. The molecule has 3 aliphatic rings. The van der Waals surface area contributed by atoms with E-state index in [1.54, 1.807) is 5.57 Å². The summed E-state index contributed by atoms with van der Waals surface area (Å²) in [5.74, 6) is 3.65. The molecule has 160 valence electrons. The molecule has 0 aromatic carbocycles. The minimum atomic E-state index is -0.148. The van der Waals surface area contributed by atoms with E-state index in [-0.39, 0.29) is 6.10 Å². The van der Waals surface area contributed by atoms with Crippen molar-refractivity contribution in [3.8, 4) is 0 Å². The van der Waals surface area contributed by atoms with Crippen molar-refractivity contribution in [2.75, 3.05) is 0 Å². The van der Waals surface area contributed by atoms with Crippen LogP contribution in [-0.2, 0) is 0 Å². The van der Waals surface area contributed by atoms with Gasteiger partial charge in [-0.25, -0.2) is 0 Å². The van der Waals surface area contributed by atoms with Crippen LogP contribution in [0.25, 0.3) is 0 Å². The SMILES string of the molecule is CCCCC[C@H](C)C1CCC2/C(=C/C=C3/C[C@@H](C)[C@@H](C)[C@H](O)C3)CCC[C@@]21C. The maximum Gasteiger partial charge on any atom is 0.0605 e. The molecule has 0 aliphatic heterocycles. The molecule has 0 heterocycles. The van der Waals surface area contributed by atoms with E-state index in [0.29, 0.717) is 17.3 Å². The molecule has 28 heavy (non-hydrogen) atoms. The topological polar surface area (TPSA) is 20.2 Å². The minimum Gasteiger partial charge on any atom is -0.393 e. The number of allylic oxidation sites excluding steroid dienone is 3. The van der Waals surface area contributed by atoms with E-state index < -0.39 is 0 Å². The van der Waals surface area contributed by atoms with E-state index in [1.807, 2.05) is 0 Å². The Morgan fingerprint density at radius 1 is 1.14 bits per heavy atom. The summed E-state index contributed by atoms with van der Waals surface area (Å²) in [6, 6.07) is 0. The van der Waals surface area contributed by atoms with Crippen LogP contribution < -0.4 is 0 Å². The summed E-state index contributed by atoms with van der Waals surface area (Å²) in [5, 5.41) is 10.4. The van der Waals surface area contributed by atoms with Crippen LogP contribution in [0.5, 0.6) is 0 Å². The monoisotopic (exact) mass is 386 g/mol. The van der Waals surface area contributed by atoms with Gasteiger partial charge in [-0.3, -0.25) is 0 Å². The molecular formula is C27H46O. The molecule has 7 atom stereocenters. The molecule has 0 spiro atoms. The van der Waals surface area contributed by atoms with Gasteiger partial charge in [-0.1, -0.05) is 83.6 Å². The molecule has 0 radical (unpaired) electrons. The van der Waals surface area contributed by atoms with Gasteiger partial charge in [0, 0.05) is 0 Å². The predicted molar refractivity (Wildman–Crippen MR) is 121 cm³/mol. The molecule has 0 aromatic rings. The highest BCUT2D eigenvalue weighted by atomic mass is 16.3. The van der Waals surface area contributed by atoms with Crippen LogP contribution in [-0.4, -0.2) is 11.2 Å². The third-order valence-corrected chi connectivity index (χ3v) is 9.08. The molecule has 3 saturated carbocycles. The molecule has 1 heteroatoms. The zero-order valence-electron chi connectivity index (χ0n) is 19.3. The van der Waals surface area contributed by atoms with E-state index in [2.05, 4.69) is 46.8 Å². The Bertz CT molecular complexity index is 559. The van der Waals surface area contributed by atoms with Crippen molar-refractivity contribution in [1.29, 1.82) is 0 Å². The van der Waals surface area contributed by atoms with Crippen LogP contribution in [0, 0.1) is 35.0 Å². The van der Waals surface area contributed by atoms with Gasteiger partial charge in [-0.2, -0.15) is 0 Å². The lowest BCUT2D eigenvalue weighted by molar-refractivity contribution is 0.0690. The van der Waals surface area contributed by atoms with Crippen LogP contribution in [0.4, 0.5) is 0 Å². The normalized spacial score (nSPS) is 42.7. The second-order valence-corrected chi connectivity index (χ2v) is 10.9. The number of hydrogen-bond donors (Lipinski definition) is 1. The molecule has 2 unspecified atom stereocenters. The van der Waals surface area contributed by atoms with Gasteiger partial charge in [0.1, 0.15) is 0 Å². The lowest BCUT2D eigenvalue weighted by Crippen LogP contribution is -2.36. The maximum absolute atomic E-state index is 10.4. The molecule has 1 nitrogen and oxygen atoms in total. The van der Waals surface area contributed by atoms with E-state index in [4.69, 9.17) is 0 Å². The summed E-state index contributed by atoms with van der Waals surface area (Å²) in [4.78, 5) is 0. The number of unbranched alkanes of at least 4 members (excludes halogenated alkanes) is 2. The Hall–Kier alpha value is -0.560. The van der Waals surface area contributed by atoms with Gasteiger partial charge in [0.2, 0.25) is 0 Å².